The van der Waals surface area contributed by atoms with Crippen molar-refractivity contribution in [1.29, 1.82) is 0 Å². The van der Waals surface area contributed by atoms with Crippen molar-refractivity contribution in [3.05, 3.63) is 109 Å². The van der Waals surface area contributed by atoms with Gasteiger partial charge in [-0.1, -0.05) is 342 Å². The lowest BCUT2D eigenvalue weighted by molar-refractivity contribution is -0.870. The van der Waals surface area contributed by atoms with Gasteiger partial charge < -0.3 is 27.9 Å². The smallest absolute Gasteiger partial charge is 0.306 e. The van der Waals surface area contributed by atoms with Crippen LogP contribution in [0.15, 0.2) is 109 Å². The molecule has 532 valence electrons. The van der Waals surface area contributed by atoms with E-state index in [9.17, 15) is 19.0 Å². The maximum Gasteiger partial charge on any atom is 0.306 e. The minimum absolute atomic E-state index is 0.0378. The van der Waals surface area contributed by atoms with E-state index >= 15 is 0 Å². The molecule has 0 N–H and O–H groups in total. The van der Waals surface area contributed by atoms with Crippen LogP contribution in [0, 0.1) is 0 Å². The molecule has 2 unspecified atom stereocenters. The van der Waals surface area contributed by atoms with Gasteiger partial charge >= 0.3 is 11.9 Å². The van der Waals surface area contributed by atoms with Crippen LogP contribution in [0.3, 0.4) is 0 Å². The van der Waals surface area contributed by atoms with Gasteiger partial charge in [0, 0.05) is 12.8 Å². The van der Waals surface area contributed by atoms with Crippen molar-refractivity contribution in [1.82, 2.24) is 0 Å². The molecule has 0 saturated heterocycles. The SMILES string of the molecule is CC/C=C\C/C=C\C/C=C\C/C=C\C/C=C\C/C=C\C/C=C\C/C=C\CCCCCCCCC(=O)OC(COC(=O)CCCCCCCCCCCCCCCCCCCCCCCCCCC/C=C\CCCCCCCCCC)COP(=O)([O-])OCC[N+](C)(C)C. The second-order valence-electron chi connectivity index (χ2n) is 27.0. The molecule has 0 fully saturated rings. The number of ether oxygens (including phenoxy) is 2. The van der Waals surface area contributed by atoms with E-state index in [4.69, 9.17) is 18.5 Å². The van der Waals surface area contributed by atoms with Gasteiger partial charge in [-0.15, -0.1) is 0 Å². The van der Waals surface area contributed by atoms with Crippen LogP contribution in [0.2, 0.25) is 0 Å². The largest absolute Gasteiger partial charge is 0.756 e. The number of nitrogens with zero attached hydrogens (tertiary/aromatic N) is 1. The predicted octanol–water partition coefficient (Wildman–Crippen LogP) is 25.0. The Morgan fingerprint density at radius 2 is 0.620 bits per heavy atom. The average molecular weight is 1310 g/mol. The molecule has 0 aromatic carbocycles. The van der Waals surface area contributed by atoms with Crippen molar-refractivity contribution in [3.8, 4) is 0 Å². The third kappa shape index (κ3) is 75.7. The number of hydrogen-bond acceptors (Lipinski definition) is 8. The topological polar surface area (TPSA) is 111 Å². The summed E-state index contributed by atoms with van der Waals surface area (Å²) in [7, 11) is 1.15. The highest BCUT2D eigenvalue weighted by Crippen LogP contribution is 2.38. The third-order valence-corrected chi connectivity index (χ3v) is 17.7. The molecule has 0 saturated carbocycles. The first-order valence-electron chi connectivity index (χ1n) is 38.6. The van der Waals surface area contributed by atoms with E-state index in [1.807, 2.05) is 21.1 Å². The Bertz CT molecular complexity index is 1920. The summed E-state index contributed by atoms with van der Waals surface area (Å²) in [4.78, 5) is 38.1. The Kier molecular flexibility index (Phi) is 69.3. The standard InChI is InChI=1S/C82H146NO8P/c1-6-8-10-12-14-16-18-20-22-24-26-28-30-32-34-36-38-39-40-41-42-43-45-46-48-50-52-54-56-58-60-62-64-66-68-70-72-74-81(84)88-78-80(79-90-92(86,87)89-77-76-83(3,4)5)91-82(85)75-73-71-69-67-65-63-61-59-57-55-53-51-49-47-44-37-35-33-31-29-27-25-23-21-19-17-15-13-11-9-7-2/h9,11,15,17,21,23-24,26-27,29,33,35,44,47,51,53,57,59,80H,6-8,10,12-14,16,18-20,22,25,28,30-32,34,36-43,45-46,48-50,52,54-56,58,60-79H2,1-5H3/b11-9-,17-15-,23-21-,26-24-,29-27-,35-33-,47-44-,53-51-,59-57-. The first kappa shape index (κ1) is 88.7. The summed E-state index contributed by atoms with van der Waals surface area (Å²) in [6.07, 6.45) is 102. The lowest BCUT2D eigenvalue weighted by Crippen LogP contribution is -2.37. The molecule has 0 amide bonds. The second-order valence-corrected chi connectivity index (χ2v) is 28.4. The zero-order valence-electron chi connectivity index (χ0n) is 60.7. The fourth-order valence-corrected chi connectivity index (χ4v) is 11.6. The highest BCUT2D eigenvalue weighted by molar-refractivity contribution is 7.45. The number of carbonyl (C=O) groups is 2. The molecule has 0 spiro atoms. The van der Waals surface area contributed by atoms with E-state index < -0.39 is 26.5 Å². The molecule has 0 radical (unpaired) electrons. The number of rotatable bonds is 71. The molecule has 10 heteroatoms. The van der Waals surface area contributed by atoms with Gasteiger partial charge in [-0.05, 0) is 103 Å². The van der Waals surface area contributed by atoms with Crippen molar-refractivity contribution < 1.29 is 42.1 Å². The highest BCUT2D eigenvalue weighted by Gasteiger charge is 2.22. The van der Waals surface area contributed by atoms with Crippen LogP contribution in [0.5, 0.6) is 0 Å². The summed E-state index contributed by atoms with van der Waals surface area (Å²) >= 11 is 0. The molecule has 9 nitrogen and oxygen atoms in total. The van der Waals surface area contributed by atoms with Gasteiger partial charge in [0.2, 0.25) is 0 Å². The van der Waals surface area contributed by atoms with Gasteiger partial charge in [0.25, 0.3) is 7.82 Å². The lowest BCUT2D eigenvalue weighted by atomic mass is 10.0. The van der Waals surface area contributed by atoms with Crippen LogP contribution in [-0.4, -0.2) is 70.0 Å². The molecular formula is C82H146NO8P. The number of quaternary nitrogens is 1. The predicted molar refractivity (Wildman–Crippen MR) is 397 cm³/mol. The molecule has 0 aromatic heterocycles. The maximum atomic E-state index is 12.9. The van der Waals surface area contributed by atoms with Crippen molar-refractivity contribution in [2.24, 2.45) is 0 Å². The molecule has 0 aromatic rings. The number of phosphoric acid groups is 1. The first-order valence-corrected chi connectivity index (χ1v) is 40.1. The van der Waals surface area contributed by atoms with E-state index in [0.29, 0.717) is 17.4 Å². The molecule has 0 heterocycles. The van der Waals surface area contributed by atoms with E-state index in [1.54, 1.807) is 0 Å². The normalized spacial score (nSPS) is 13.7. The Hall–Kier alpha value is -3.33. The Morgan fingerprint density at radius 3 is 0.935 bits per heavy atom. The molecule has 0 aliphatic rings. The first-order chi connectivity index (χ1) is 45.0. The number of carbonyl (C=O) groups excluding carboxylic acids is 2. The van der Waals surface area contributed by atoms with Crippen molar-refractivity contribution in [2.45, 2.75) is 354 Å². The molecule has 0 aliphatic carbocycles. The van der Waals surface area contributed by atoms with E-state index in [0.717, 1.165) is 109 Å². The van der Waals surface area contributed by atoms with Gasteiger partial charge in [0.1, 0.15) is 19.8 Å². The lowest BCUT2D eigenvalue weighted by Gasteiger charge is -2.28. The summed E-state index contributed by atoms with van der Waals surface area (Å²) in [5.74, 6) is -0.843. The van der Waals surface area contributed by atoms with Crippen molar-refractivity contribution >= 4 is 19.8 Å². The van der Waals surface area contributed by atoms with Crippen LogP contribution >= 0.6 is 7.82 Å². The average Bonchev–Trinajstić information content (AvgIpc) is 2.14. The zero-order chi connectivity index (χ0) is 66.9. The minimum Gasteiger partial charge on any atom is -0.756 e. The summed E-state index contributed by atoms with van der Waals surface area (Å²) in [5, 5.41) is 0. The van der Waals surface area contributed by atoms with Gasteiger partial charge in [0.05, 0.1) is 27.7 Å². The molecule has 92 heavy (non-hydrogen) atoms. The summed E-state index contributed by atoms with van der Waals surface area (Å²) in [6, 6.07) is 0. The molecule has 0 aliphatic heterocycles. The van der Waals surface area contributed by atoms with Crippen molar-refractivity contribution in [2.75, 3.05) is 47.5 Å². The van der Waals surface area contributed by atoms with Gasteiger partial charge in [-0.2, -0.15) is 0 Å². The van der Waals surface area contributed by atoms with Crippen LogP contribution < -0.4 is 4.89 Å². The van der Waals surface area contributed by atoms with Crippen molar-refractivity contribution in [3.63, 3.8) is 0 Å². The van der Waals surface area contributed by atoms with Gasteiger partial charge in [-0.25, -0.2) is 0 Å². The number of unbranched alkanes of at least 4 members (excludes halogenated alkanes) is 39. The van der Waals surface area contributed by atoms with Crippen LogP contribution in [0.25, 0.3) is 0 Å². The highest BCUT2D eigenvalue weighted by atomic mass is 31.2. The molecular weight excluding hydrogens is 1160 g/mol. The van der Waals surface area contributed by atoms with Gasteiger partial charge in [-0.3, -0.25) is 14.2 Å². The summed E-state index contributed by atoms with van der Waals surface area (Å²) in [5.41, 5.74) is 0. The van der Waals surface area contributed by atoms with E-state index in [1.165, 1.54) is 205 Å². The monoisotopic (exact) mass is 1300 g/mol. The fourth-order valence-electron chi connectivity index (χ4n) is 10.9. The van der Waals surface area contributed by atoms with E-state index in [2.05, 4.69) is 123 Å². The third-order valence-electron chi connectivity index (χ3n) is 16.8. The summed E-state index contributed by atoms with van der Waals surface area (Å²) < 4.78 is 34.4. The maximum absolute atomic E-state index is 12.9. The molecule has 2 atom stereocenters. The zero-order valence-corrected chi connectivity index (χ0v) is 61.6. The Balaban J connectivity index is 4.01. The quantitative estimate of drug-likeness (QED) is 0.0195. The van der Waals surface area contributed by atoms with E-state index in [-0.39, 0.29) is 32.0 Å². The fraction of sp³-hybridized carbons (Fsp3) is 0.756. The van der Waals surface area contributed by atoms with Crippen LogP contribution in [-0.2, 0) is 32.7 Å². The minimum atomic E-state index is -4.65. The number of hydrogen-bond donors (Lipinski definition) is 0. The second kappa shape index (κ2) is 72.0. The number of esters is 2. The number of allylic oxidation sites excluding steroid dienone is 18. The summed E-state index contributed by atoms with van der Waals surface area (Å²) in [6.45, 7) is 4.14. The number of likely N-dealkylation sites (N-methyl/N-ethyl adjacent to an activating group) is 1. The van der Waals surface area contributed by atoms with Crippen LogP contribution in [0.1, 0.15) is 348 Å². The Labute approximate surface area is 569 Å². The number of phosphoric ester groups is 1. The molecule has 0 rings (SSSR count). The molecule has 0 bridgehead atoms. The van der Waals surface area contributed by atoms with Crippen LogP contribution in [0.4, 0.5) is 0 Å². The van der Waals surface area contributed by atoms with Gasteiger partial charge in [0.15, 0.2) is 6.10 Å². The Morgan fingerprint density at radius 1 is 0.348 bits per heavy atom.